The zero-order valence-corrected chi connectivity index (χ0v) is 10.8. The molecule has 0 aliphatic carbocycles. The molecule has 0 radical (unpaired) electrons. The fourth-order valence-electron chi connectivity index (χ4n) is 1.22. The van der Waals surface area contributed by atoms with Gasteiger partial charge in [-0.2, -0.15) is 0 Å². The van der Waals surface area contributed by atoms with Gasteiger partial charge in [0.15, 0.2) is 0 Å². The predicted molar refractivity (Wildman–Crippen MR) is 69.6 cm³/mol. The van der Waals surface area contributed by atoms with Gasteiger partial charge < -0.3 is 5.32 Å². The second kappa shape index (κ2) is 5.84. The van der Waals surface area contributed by atoms with Crippen molar-refractivity contribution in [1.29, 1.82) is 0 Å². The van der Waals surface area contributed by atoms with Gasteiger partial charge in [-0.1, -0.05) is 11.6 Å². The van der Waals surface area contributed by atoms with Crippen LogP contribution >= 0.6 is 23.4 Å². The molecule has 0 aromatic carbocycles. The van der Waals surface area contributed by atoms with Crippen LogP contribution in [0, 0.1) is 0 Å². The van der Waals surface area contributed by atoms with Crippen molar-refractivity contribution >= 4 is 29.2 Å². The molecule has 2 aromatic heterocycles. The molecule has 2 heterocycles. The van der Waals surface area contributed by atoms with Crippen LogP contribution in [0.2, 0.25) is 5.02 Å². The van der Waals surface area contributed by atoms with E-state index in [2.05, 4.69) is 20.3 Å². The fourth-order valence-corrected chi connectivity index (χ4v) is 2.20. The van der Waals surface area contributed by atoms with Crippen LogP contribution in [-0.4, -0.2) is 21.5 Å². The first kappa shape index (κ1) is 12.1. The summed E-state index contributed by atoms with van der Waals surface area (Å²) >= 11 is 7.45. The van der Waals surface area contributed by atoms with Gasteiger partial charge in [0.1, 0.15) is 22.2 Å². The molecule has 0 saturated heterocycles. The molecule has 0 fully saturated rings. The molecule has 2 rings (SSSR count). The molecule has 0 spiro atoms. The van der Waals surface area contributed by atoms with Gasteiger partial charge in [0.2, 0.25) is 0 Å². The Morgan fingerprint density at radius 3 is 3.00 bits per heavy atom. The smallest absolute Gasteiger partial charge is 0.130 e. The Labute approximate surface area is 109 Å². The predicted octanol–water partition coefficient (Wildman–Crippen LogP) is 3.11. The van der Waals surface area contributed by atoms with E-state index in [1.54, 1.807) is 12.3 Å². The summed E-state index contributed by atoms with van der Waals surface area (Å²) < 4.78 is 0. The van der Waals surface area contributed by atoms with E-state index in [1.807, 2.05) is 19.1 Å². The van der Waals surface area contributed by atoms with Gasteiger partial charge in [-0.15, -0.1) is 0 Å². The molecule has 88 valence electrons. The number of aromatic nitrogens is 3. The van der Waals surface area contributed by atoms with Crippen LogP contribution in [-0.2, 0) is 0 Å². The average molecular weight is 267 g/mol. The number of nitrogens with zero attached hydrogens (tertiary/aromatic N) is 3. The number of hydrogen-bond acceptors (Lipinski definition) is 5. The summed E-state index contributed by atoms with van der Waals surface area (Å²) in [6.45, 7) is 2.84. The number of hydrogen-bond donors (Lipinski definition) is 1. The Morgan fingerprint density at radius 2 is 2.24 bits per heavy atom. The molecule has 0 atom stereocenters. The maximum atomic E-state index is 6.03. The molecule has 2 aromatic rings. The van der Waals surface area contributed by atoms with Crippen molar-refractivity contribution in [2.75, 3.05) is 11.9 Å². The van der Waals surface area contributed by atoms with Crippen LogP contribution in [0.4, 0.5) is 5.82 Å². The average Bonchev–Trinajstić information content (AvgIpc) is 2.33. The lowest BCUT2D eigenvalue weighted by Gasteiger charge is -2.04. The third-order valence-corrected chi connectivity index (χ3v) is 3.29. The van der Waals surface area contributed by atoms with Crippen molar-refractivity contribution in [3.8, 4) is 0 Å². The first-order valence-electron chi connectivity index (χ1n) is 5.14. The van der Waals surface area contributed by atoms with Crippen molar-refractivity contribution in [3.63, 3.8) is 0 Å². The summed E-state index contributed by atoms with van der Waals surface area (Å²) in [5.74, 6) is 0.803. The monoisotopic (exact) mass is 266 g/mol. The number of rotatable bonds is 4. The fraction of sp³-hybridized carbons (Fsp3) is 0.182. The van der Waals surface area contributed by atoms with E-state index >= 15 is 0 Å². The lowest BCUT2D eigenvalue weighted by Crippen LogP contribution is -1.99. The number of nitrogens with one attached hydrogen (secondary N) is 1. The molecular formula is C11H11ClN4S. The molecule has 17 heavy (non-hydrogen) atoms. The van der Waals surface area contributed by atoms with Crippen LogP contribution in [0.5, 0.6) is 0 Å². The molecular weight excluding hydrogens is 256 g/mol. The van der Waals surface area contributed by atoms with Gasteiger partial charge >= 0.3 is 0 Å². The lowest BCUT2D eigenvalue weighted by atomic mass is 10.5. The molecule has 4 nitrogen and oxygen atoms in total. The maximum absolute atomic E-state index is 6.03. The molecule has 0 amide bonds. The third kappa shape index (κ3) is 3.31. The van der Waals surface area contributed by atoms with E-state index in [0.29, 0.717) is 5.02 Å². The van der Waals surface area contributed by atoms with Gasteiger partial charge in [-0.05, 0) is 30.8 Å². The Morgan fingerprint density at radius 1 is 1.35 bits per heavy atom. The summed E-state index contributed by atoms with van der Waals surface area (Å²) in [7, 11) is 0. The van der Waals surface area contributed by atoms with E-state index in [1.165, 1.54) is 18.1 Å². The van der Waals surface area contributed by atoms with Crippen molar-refractivity contribution < 1.29 is 0 Å². The molecule has 0 aliphatic heterocycles. The van der Waals surface area contributed by atoms with Gasteiger partial charge in [0.05, 0.1) is 5.02 Å². The van der Waals surface area contributed by atoms with Crippen LogP contribution in [0.15, 0.2) is 40.8 Å². The first-order chi connectivity index (χ1) is 8.29. The Bertz CT molecular complexity index is 506. The van der Waals surface area contributed by atoms with E-state index in [0.717, 1.165) is 22.4 Å². The summed E-state index contributed by atoms with van der Waals surface area (Å²) in [4.78, 5) is 12.5. The molecule has 0 bridgehead atoms. The van der Waals surface area contributed by atoms with Gasteiger partial charge in [0, 0.05) is 18.8 Å². The first-order valence-corrected chi connectivity index (χ1v) is 6.33. The highest BCUT2D eigenvalue weighted by Crippen LogP contribution is 2.30. The molecule has 0 saturated carbocycles. The second-order valence-corrected chi connectivity index (χ2v) is 4.58. The minimum atomic E-state index is 0.626. The largest absolute Gasteiger partial charge is 0.370 e. The molecule has 0 aliphatic rings. The number of halogens is 1. The quantitative estimate of drug-likeness (QED) is 0.862. The summed E-state index contributed by atoms with van der Waals surface area (Å²) in [5.41, 5.74) is 0. The highest BCUT2D eigenvalue weighted by atomic mass is 35.5. The standard InChI is InChI=1S/C11H11ClN4S/c1-2-13-9-6-10(16-7-15-9)17-11-8(12)4-3-5-14-11/h3-7H,2H2,1H3,(H,13,15,16). The summed E-state index contributed by atoms with van der Waals surface area (Å²) in [6, 6.07) is 5.49. The normalized spacial score (nSPS) is 10.2. The van der Waals surface area contributed by atoms with Gasteiger partial charge in [-0.25, -0.2) is 15.0 Å². The van der Waals surface area contributed by atoms with Gasteiger partial charge in [-0.3, -0.25) is 0 Å². The lowest BCUT2D eigenvalue weighted by molar-refractivity contribution is 1.02. The van der Waals surface area contributed by atoms with Crippen LogP contribution < -0.4 is 5.32 Å². The van der Waals surface area contributed by atoms with E-state index in [-0.39, 0.29) is 0 Å². The van der Waals surface area contributed by atoms with E-state index < -0.39 is 0 Å². The summed E-state index contributed by atoms with van der Waals surface area (Å²) in [5, 5.41) is 5.32. The third-order valence-electron chi connectivity index (χ3n) is 1.93. The number of anilines is 1. The van der Waals surface area contributed by atoms with Crippen LogP contribution in [0.1, 0.15) is 6.92 Å². The second-order valence-electron chi connectivity index (χ2n) is 3.16. The Kier molecular flexibility index (Phi) is 4.17. The van der Waals surface area contributed by atoms with Crippen LogP contribution in [0.3, 0.4) is 0 Å². The summed E-state index contributed by atoms with van der Waals surface area (Å²) in [6.07, 6.45) is 3.23. The van der Waals surface area contributed by atoms with Crippen molar-refractivity contribution in [2.45, 2.75) is 17.0 Å². The number of pyridine rings is 1. The molecule has 6 heteroatoms. The van der Waals surface area contributed by atoms with E-state index in [9.17, 15) is 0 Å². The van der Waals surface area contributed by atoms with Crippen molar-refractivity contribution in [2.24, 2.45) is 0 Å². The highest BCUT2D eigenvalue weighted by molar-refractivity contribution is 7.99. The maximum Gasteiger partial charge on any atom is 0.130 e. The Hall–Kier alpha value is -1.33. The van der Waals surface area contributed by atoms with E-state index in [4.69, 9.17) is 11.6 Å². The van der Waals surface area contributed by atoms with Gasteiger partial charge in [0.25, 0.3) is 0 Å². The zero-order chi connectivity index (χ0) is 12.1. The van der Waals surface area contributed by atoms with Crippen molar-refractivity contribution in [1.82, 2.24) is 15.0 Å². The van der Waals surface area contributed by atoms with Crippen molar-refractivity contribution in [3.05, 3.63) is 35.7 Å². The SMILES string of the molecule is CCNc1cc(Sc2ncccc2Cl)ncn1. The minimum absolute atomic E-state index is 0.626. The molecule has 1 N–H and O–H groups in total. The minimum Gasteiger partial charge on any atom is -0.370 e. The molecule has 0 unspecified atom stereocenters. The topological polar surface area (TPSA) is 50.7 Å². The zero-order valence-electron chi connectivity index (χ0n) is 9.22. The van der Waals surface area contributed by atoms with Crippen LogP contribution in [0.25, 0.3) is 0 Å². The highest BCUT2D eigenvalue weighted by Gasteiger charge is 2.05. The Balaban J connectivity index is 2.18.